The smallest absolute Gasteiger partial charge is 0.119 e. The van der Waals surface area contributed by atoms with E-state index in [1.54, 1.807) is 0 Å². The molecule has 3 nitrogen and oxygen atoms in total. The van der Waals surface area contributed by atoms with Crippen molar-refractivity contribution in [2.45, 2.75) is 31.2 Å². The summed E-state index contributed by atoms with van der Waals surface area (Å²) in [5, 5.41) is 0.0327. The lowest BCUT2D eigenvalue weighted by atomic mass is 10.0. The predicted molar refractivity (Wildman–Crippen MR) is 89.4 cm³/mol. The van der Waals surface area contributed by atoms with Gasteiger partial charge in [-0.2, -0.15) is 0 Å². The summed E-state index contributed by atoms with van der Waals surface area (Å²) < 4.78 is 5.47. The third-order valence-electron chi connectivity index (χ3n) is 4.31. The highest BCUT2D eigenvalue weighted by Gasteiger charge is 2.22. The number of likely N-dealkylation sites (tertiary alicyclic amines) is 1. The van der Waals surface area contributed by atoms with Crippen molar-refractivity contribution in [3.63, 3.8) is 0 Å². The zero-order valence-electron chi connectivity index (χ0n) is 13.4. The Kier molecular flexibility index (Phi) is 6.34. The lowest BCUT2D eigenvalue weighted by Gasteiger charge is -2.36. The summed E-state index contributed by atoms with van der Waals surface area (Å²) in [7, 11) is 4.39. The molecule has 1 saturated heterocycles. The van der Waals surface area contributed by atoms with Crippen LogP contribution < -0.4 is 4.74 Å². The van der Waals surface area contributed by atoms with Crippen LogP contribution in [0.3, 0.4) is 0 Å². The van der Waals surface area contributed by atoms with Crippen LogP contribution in [-0.2, 0) is 0 Å². The number of halogens is 1. The molecule has 1 unspecified atom stereocenters. The minimum absolute atomic E-state index is 0.0327. The van der Waals surface area contributed by atoms with Gasteiger partial charge in [-0.25, -0.2) is 0 Å². The van der Waals surface area contributed by atoms with Crippen LogP contribution in [0, 0.1) is 0 Å². The molecule has 0 bridgehead atoms. The summed E-state index contributed by atoms with van der Waals surface area (Å²) in [5.74, 6) is 0.911. The number of ether oxygens (including phenoxy) is 1. The van der Waals surface area contributed by atoms with Crippen molar-refractivity contribution in [3.8, 4) is 5.75 Å². The van der Waals surface area contributed by atoms with Gasteiger partial charge in [0.15, 0.2) is 0 Å². The molecule has 0 aromatic heterocycles. The molecule has 1 fully saturated rings. The summed E-state index contributed by atoms with van der Waals surface area (Å²) in [6, 6.07) is 8.81. The van der Waals surface area contributed by atoms with Crippen molar-refractivity contribution in [3.05, 3.63) is 29.8 Å². The largest absolute Gasteiger partial charge is 0.494 e. The van der Waals surface area contributed by atoms with Gasteiger partial charge in [-0.3, -0.25) is 0 Å². The van der Waals surface area contributed by atoms with E-state index in [0.29, 0.717) is 12.6 Å². The first kappa shape index (κ1) is 16.6. The Labute approximate surface area is 133 Å². The van der Waals surface area contributed by atoms with Crippen LogP contribution in [0.5, 0.6) is 5.75 Å². The molecule has 2 rings (SSSR count). The van der Waals surface area contributed by atoms with Gasteiger partial charge in [0.05, 0.1) is 12.0 Å². The number of nitrogens with zero attached hydrogens (tertiary/aromatic N) is 2. The Hall–Kier alpha value is -0.770. The molecule has 1 aromatic carbocycles. The molecule has 118 valence electrons. The van der Waals surface area contributed by atoms with Gasteiger partial charge in [-0.1, -0.05) is 12.1 Å². The van der Waals surface area contributed by atoms with Gasteiger partial charge in [0.2, 0.25) is 0 Å². The molecule has 21 heavy (non-hydrogen) atoms. The Balaban J connectivity index is 1.86. The maximum absolute atomic E-state index is 6.59. The second-order valence-electron chi connectivity index (χ2n) is 5.94. The Morgan fingerprint density at radius 1 is 1.29 bits per heavy atom. The van der Waals surface area contributed by atoms with Crippen LogP contribution in [0.4, 0.5) is 0 Å². The van der Waals surface area contributed by atoms with E-state index in [1.165, 1.54) is 31.5 Å². The van der Waals surface area contributed by atoms with Crippen LogP contribution >= 0.6 is 11.6 Å². The van der Waals surface area contributed by atoms with Crippen LogP contribution in [0.25, 0.3) is 0 Å². The highest BCUT2D eigenvalue weighted by molar-refractivity contribution is 6.21. The first-order valence-electron chi connectivity index (χ1n) is 7.85. The van der Waals surface area contributed by atoms with Crippen LogP contribution in [0.15, 0.2) is 24.3 Å². The minimum atomic E-state index is 0.0327. The molecule has 4 heteroatoms. The van der Waals surface area contributed by atoms with Crippen molar-refractivity contribution in [1.82, 2.24) is 9.80 Å². The van der Waals surface area contributed by atoms with E-state index in [1.807, 2.05) is 19.1 Å². The van der Waals surface area contributed by atoms with Gasteiger partial charge < -0.3 is 14.5 Å². The molecule has 0 N–H and O–H groups in total. The minimum Gasteiger partial charge on any atom is -0.494 e. The normalized spacial score (nSPS) is 18.9. The summed E-state index contributed by atoms with van der Waals surface area (Å²) in [4.78, 5) is 4.82. The lowest BCUT2D eigenvalue weighted by Crippen LogP contribution is -2.42. The standard InChI is InChI=1S/C17H27ClN2O/c1-4-21-16-7-5-14(6-8-16)17(18)13-20(3)15-9-11-19(2)12-10-15/h5-8,15,17H,4,9-13H2,1-3H3. The van der Waals surface area contributed by atoms with Gasteiger partial charge in [0.1, 0.15) is 5.75 Å². The molecular weight excluding hydrogens is 284 g/mol. The number of hydrogen-bond donors (Lipinski definition) is 0. The second kappa shape index (κ2) is 8.02. The molecule has 1 aromatic rings. The number of rotatable bonds is 6. The molecule has 0 saturated carbocycles. The van der Waals surface area contributed by atoms with Crippen molar-refractivity contribution in [2.24, 2.45) is 0 Å². The number of benzene rings is 1. The predicted octanol–water partition coefficient (Wildman–Crippen LogP) is 3.39. The van der Waals surface area contributed by atoms with Crippen molar-refractivity contribution in [2.75, 3.05) is 40.3 Å². The van der Waals surface area contributed by atoms with E-state index in [4.69, 9.17) is 16.3 Å². The molecule has 0 spiro atoms. The first-order valence-corrected chi connectivity index (χ1v) is 8.29. The monoisotopic (exact) mass is 310 g/mol. The fourth-order valence-electron chi connectivity index (χ4n) is 2.88. The summed E-state index contributed by atoms with van der Waals surface area (Å²) in [6.07, 6.45) is 2.47. The molecule has 0 radical (unpaired) electrons. The van der Waals surface area contributed by atoms with E-state index in [9.17, 15) is 0 Å². The zero-order chi connectivity index (χ0) is 15.2. The van der Waals surface area contributed by atoms with E-state index in [2.05, 4.69) is 36.0 Å². The average molecular weight is 311 g/mol. The Morgan fingerprint density at radius 2 is 1.90 bits per heavy atom. The highest BCUT2D eigenvalue weighted by atomic mass is 35.5. The maximum Gasteiger partial charge on any atom is 0.119 e. The van der Waals surface area contributed by atoms with Gasteiger partial charge in [0.25, 0.3) is 0 Å². The van der Waals surface area contributed by atoms with Gasteiger partial charge in [-0.05, 0) is 64.6 Å². The zero-order valence-corrected chi connectivity index (χ0v) is 14.1. The first-order chi connectivity index (χ1) is 10.1. The molecular formula is C17H27ClN2O. The molecule has 1 aliphatic heterocycles. The number of alkyl halides is 1. The summed E-state index contributed by atoms with van der Waals surface area (Å²) in [6.45, 7) is 5.96. The topological polar surface area (TPSA) is 15.7 Å². The summed E-state index contributed by atoms with van der Waals surface area (Å²) in [5.41, 5.74) is 1.17. The number of likely N-dealkylation sites (N-methyl/N-ethyl adjacent to an activating group) is 1. The maximum atomic E-state index is 6.59. The quantitative estimate of drug-likeness (QED) is 0.749. The third-order valence-corrected chi connectivity index (χ3v) is 4.70. The highest BCUT2D eigenvalue weighted by Crippen LogP contribution is 2.25. The van der Waals surface area contributed by atoms with Crippen LogP contribution in [-0.4, -0.2) is 56.2 Å². The van der Waals surface area contributed by atoms with Crippen molar-refractivity contribution >= 4 is 11.6 Å². The second-order valence-corrected chi connectivity index (χ2v) is 6.47. The molecule has 1 heterocycles. The third kappa shape index (κ3) is 4.87. The average Bonchev–Trinajstić information content (AvgIpc) is 2.49. The number of hydrogen-bond acceptors (Lipinski definition) is 3. The summed E-state index contributed by atoms with van der Waals surface area (Å²) >= 11 is 6.59. The van der Waals surface area contributed by atoms with E-state index >= 15 is 0 Å². The van der Waals surface area contributed by atoms with Crippen molar-refractivity contribution in [1.29, 1.82) is 0 Å². The molecule has 1 aliphatic rings. The number of piperidine rings is 1. The fourth-order valence-corrected chi connectivity index (χ4v) is 3.25. The molecule has 1 atom stereocenters. The SMILES string of the molecule is CCOc1ccc(C(Cl)CN(C)C2CCN(C)CC2)cc1. The van der Waals surface area contributed by atoms with Gasteiger partial charge in [-0.15, -0.1) is 11.6 Å². The Morgan fingerprint density at radius 3 is 2.48 bits per heavy atom. The van der Waals surface area contributed by atoms with E-state index in [0.717, 1.165) is 12.3 Å². The van der Waals surface area contributed by atoms with E-state index in [-0.39, 0.29) is 5.38 Å². The van der Waals surface area contributed by atoms with Crippen LogP contribution in [0.2, 0.25) is 0 Å². The molecule has 0 amide bonds. The van der Waals surface area contributed by atoms with Gasteiger partial charge >= 0.3 is 0 Å². The van der Waals surface area contributed by atoms with Crippen molar-refractivity contribution < 1.29 is 4.74 Å². The van der Waals surface area contributed by atoms with Gasteiger partial charge in [0, 0.05) is 12.6 Å². The van der Waals surface area contributed by atoms with Crippen LogP contribution in [0.1, 0.15) is 30.7 Å². The fraction of sp³-hybridized carbons (Fsp3) is 0.647. The molecule has 0 aliphatic carbocycles. The Bertz CT molecular complexity index is 415. The van der Waals surface area contributed by atoms with E-state index < -0.39 is 0 Å². The lowest BCUT2D eigenvalue weighted by molar-refractivity contribution is 0.144.